The van der Waals surface area contributed by atoms with Gasteiger partial charge in [-0.25, -0.2) is 0 Å². The summed E-state index contributed by atoms with van der Waals surface area (Å²) in [6.07, 6.45) is 0. The number of nitrogens with zero attached hydrogens (tertiary/aromatic N) is 1. The van der Waals surface area contributed by atoms with Crippen LogP contribution in [0.1, 0.15) is 21.5 Å². The van der Waals surface area contributed by atoms with Crippen molar-refractivity contribution < 1.29 is 18.7 Å². The zero-order valence-electron chi connectivity index (χ0n) is 18.5. The van der Waals surface area contributed by atoms with E-state index < -0.39 is 0 Å². The lowest BCUT2D eigenvalue weighted by Gasteiger charge is -2.06. The largest absolute Gasteiger partial charge is 0.497 e. The molecule has 1 amide bonds. The van der Waals surface area contributed by atoms with Crippen LogP contribution < -0.4 is 14.8 Å². The smallest absolute Gasteiger partial charge is 0.258 e. The zero-order valence-corrected chi connectivity index (χ0v) is 18.5. The first-order valence-corrected chi connectivity index (χ1v) is 10.3. The van der Waals surface area contributed by atoms with Gasteiger partial charge in [-0.2, -0.15) is 5.26 Å². The van der Waals surface area contributed by atoms with Crippen LogP contribution in [0.3, 0.4) is 0 Å². The molecule has 6 heteroatoms. The minimum atomic E-state index is -0.359. The molecule has 0 atom stereocenters. The molecule has 33 heavy (non-hydrogen) atoms. The van der Waals surface area contributed by atoms with E-state index in [1.807, 2.05) is 67.6 Å². The number of ether oxygens (including phenoxy) is 2. The summed E-state index contributed by atoms with van der Waals surface area (Å²) in [5.41, 5.74) is 3.85. The first-order chi connectivity index (χ1) is 16.0. The van der Waals surface area contributed by atoms with Gasteiger partial charge in [-0.05, 0) is 61.0 Å². The molecule has 4 rings (SSSR count). The number of carbonyl (C=O) groups is 1. The van der Waals surface area contributed by atoms with Crippen LogP contribution in [0.15, 0.2) is 77.2 Å². The summed E-state index contributed by atoms with van der Waals surface area (Å²) in [5, 5.41) is 12.8. The Labute approximate surface area is 192 Å². The second kappa shape index (κ2) is 9.33. The van der Waals surface area contributed by atoms with Gasteiger partial charge in [-0.3, -0.25) is 10.1 Å². The minimum Gasteiger partial charge on any atom is -0.497 e. The molecule has 0 aliphatic rings. The van der Waals surface area contributed by atoms with Gasteiger partial charge in [0, 0.05) is 16.7 Å². The number of amides is 1. The normalized spacial score (nSPS) is 10.4. The Morgan fingerprint density at radius 3 is 1.91 bits per heavy atom. The number of hydrogen-bond donors (Lipinski definition) is 1. The third-order valence-electron chi connectivity index (χ3n) is 5.29. The molecule has 0 spiro atoms. The Balaban J connectivity index is 1.83. The molecular weight excluding hydrogens is 416 g/mol. The van der Waals surface area contributed by atoms with E-state index >= 15 is 0 Å². The fourth-order valence-electron chi connectivity index (χ4n) is 3.48. The maximum absolute atomic E-state index is 12.8. The van der Waals surface area contributed by atoms with Gasteiger partial charge in [-0.1, -0.05) is 29.8 Å². The van der Waals surface area contributed by atoms with Crippen LogP contribution in [0.2, 0.25) is 0 Å². The highest BCUT2D eigenvalue weighted by molar-refractivity contribution is 6.05. The topological polar surface area (TPSA) is 84.5 Å². The Morgan fingerprint density at radius 1 is 0.848 bits per heavy atom. The molecule has 3 aromatic carbocycles. The summed E-state index contributed by atoms with van der Waals surface area (Å²) < 4.78 is 16.6. The number of anilines is 1. The van der Waals surface area contributed by atoms with Crippen LogP contribution in [0, 0.1) is 18.3 Å². The van der Waals surface area contributed by atoms with Crippen molar-refractivity contribution in [2.45, 2.75) is 6.92 Å². The number of hydrogen-bond acceptors (Lipinski definition) is 5. The molecule has 0 unspecified atom stereocenters. The van der Waals surface area contributed by atoms with E-state index in [1.165, 1.54) is 0 Å². The number of furan rings is 1. The van der Waals surface area contributed by atoms with E-state index in [0.29, 0.717) is 28.4 Å². The quantitative estimate of drug-likeness (QED) is 0.395. The van der Waals surface area contributed by atoms with Crippen molar-refractivity contribution >= 4 is 11.8 Å². The van der Waals surface area contributed by atoms with Crippen LogP contribution in [0.5, 0.6) is 11.5 Å². The van der Waals surface area contributed by atoms with E-state index in [-0.39, 0.29) is 17.4 Å². The number of nitrogens with one attached hydrogen (secondary N) is 1. The molecule has 0 aliphatic carbocycles. The summed E-state index contributed by atoms with van der Waals surface area (Å²) in [7, 11) is 3.19. The zero-order chi connectivity index (χ0) is 23.4. The van der Waals surface area contributed by atoms with Crippen LogP contribution >= 0.6 is 0 Å². The third kappa shape index (κ3) is 4.43. The SMILES string of the molecule is COc1ccc(-c2oc(NC(=O)c3ccc(C)cc3)c(C#N)c2-c2ccc(OC)cc2)cc1. The molecule has 0 saturated carbocycles. The Morgan fingerprint density at radius 2 is 1.39 bits per heavy atom. The van der Waals surface area contributed by atoms with Crippen LogP contribution in [-0.2, 0) is 0 Å². The van der Waals surface area contributed by atoms with E-state index in [2.05, 4.69) is 11.4 Å². The van der Waals surface area contributed by atoms with Gasteiger partial charge in [0.25, 0.3) is 5.91 Å². The van der Waals surface area contributed by atoms with Crippen molar-refractivity contribution in [1.82, 2.24) is 0 Å². The second-order valence-electron chi connectivity index (χ2n) is 7.40. The first kappa shape index (κ1) is 21.7. The summed E-state index contributed by atoms with van der Waals surface area (Å²) in [6.45, 7) is 1.95. The van der Waals surface area contributed by atoms with E-state index in [1.54, 1.807) is 26.4 Å². The molecule has 1 heterocycles. The molecule has 0 aliphatic heterocycles. The highest BCUT2D eigenvalue weighted by Crippen LogP contribution is 2.42. The van der Waals surface area contributed by atoms with Crippen molar-refractivity contribution in [2.24, 2.45) is 0 Å². The Bertz CT molecular complexity index is 1310. The predicted molar refractivity (Wildman–Crippen MR) is 127 cm³/mol. The standard InChI is InChI=1S/C27H22N2O4/c1-17-4-6-20(7-5-17)26(30)29-27-23(16-28)24(18-8-12-21(31-2)13-9-18)25(33-27)19-10-14-22(32-3)15-11-19/h4-15H,1-3H3,(H,29,30). The number of methoxy groups -OCH3 is 2. The lowest BCUT2D eigenvalue weighted by Crippen LogP contribution is -2.12. The molecule has 0 fully saturated rings. The van der Waals surface area contributed by atoms with Crippen LogP contribution in [0.4, 0.5) is 5.88 Å². The highest BCUT2D eigenvalue weighted by atomic mass is 16.5. The minimum absolute atomic E-state index is 0.0970. The molecule has 0 radical (unpaired) electrons. The Hall–Kier alpha value is -4.50. The van der Waals surface area contributed by atoms with Gasteiger partial charge < -0.3 is 13.9 Å². The van der Waals surface area contributed by atoms with Crippen molar-refractivity contribution in [3.63, 3.8) is 0 Å². The number of aryl methyl sites for hydroxylation is 1. The second-order valence-corrected chi connectivity index (χ2v) is 7.40. The molecule has 1 aromatic heterocycles. The number of carbonyl (C=O) groups excluding carboxylic acids is 1. The fraction of sp³-hybridized carbons (Fsp3) is 0.111. The maximum atomic E-state index is 12.8. The van der Waals surface area contributed by atoms with Gasteiger partial charge >= 0.3 is 0 Å². The molecular formula is C27H22N2O4. The lowest BCUT2D eigenvalue weighted by molar-refractivity contribution is 0.102. The summed E-state index contributed by atoms with van der Waals surface area (Å²) in [6, 6.07) is 24.0. The van der Waals surface area contributed by atoms with Gasteiger partial charge in [0.15, 0.2) is 0 Å². The number of benzene rings is 3. The average Bonchev–Trinajstić information content (AvgIpc) is 3.22. The monoisotopic (exact) mass is 438 g/mol. The summed E-state index contributed by atoms with van der Waals surface area (Å²) in [4.78, 5) is 12.8. The van der Waals surface area contributed by atoms with E-state index in [0.717, 1.165) is 16.7 Å². The maximum Gasteiger partial charge on any atom is 0.258 e. The van der Waals surface area contributed by atoms with E-state index in [4.69, 9.17) is 13.9 Å². The average molecular weight is 438 g/mol. The van der Waals surface area contributed by atoms with Gasteiger partial charge in [0.2, 0.25) is 5.88 Å². The molecule has 1 N–H and O–H groups in total. The lowest BCUT2D eigenvalue weighted by atomic mass is 9.98. The third-order valence-corrected chi connectivity index (χ3v) is 5.29. The number of rotatable bonds is 6. The van der Waals surface area contributed by atoms with E-state index in [9.17, 15) is 10.1 Å². The van der Waals surface area contributed by atoms with Gasteiger partial charge in [0.05, 0.1) is 14.2 Å². The molecule has 4 aromatic rings. The molecule has 0 bridgehead atoms. The molecule has 0 saturated heterocycles. The highest BCUT2D eigenvalue weighted by Gasteiger charge is 2.24. The fourth-order valence-corrected chi connectivity index (χ4v) is 3.48. The van der Waals surface area contributed by atoms with Crippen molar-refractivity contribution in [3.8, 4) is 40.0 Å². The van der Waals surface area contributed by atoms with Crippen molar-refractivity contribution in [2.75, 3.05) is 19.5 Å². The van der Waals surface area contributed by atoms with Crippen LogP contribution in [0.25, 0.3) is 22.5 Å². The van der Waals surface area contributed by atoms with Gasteiger partial charge in [0.1, 0.15) is 28.9 Å². The summed E-state index contributed by atoms with van der Waals surface area (Å²) in [5.74, 6) is 1.60. The summed E-state index contributed by atoms with van der Waals surface area (Å²) >= 11 is 0. The predicted octanol–water partition coefficient (Wildman–Crippen LogP) is 6.06. The molecule has 6 nitrogen and oxygen atoms in total. The first-order valence-electron chi connectivity index (χ1n) is 10.3. The number of nitriles is 1. The molecule has 164 valence electrons. The van der Waals surface area contributed by atoms with Gasteiger partial charge in [-0.15, -0.1) is 0 Å². The van der Waals surface area contributed by atoms with Crippen LogP contribution in [-0.4, -0.2) is 20.1 Å². The van der Waals surface area contributed by atoms with Crippen molar-refractivity contribution in [3.05, 3.63) is 89.5 Å². The Kier molecular flexibility index (Phi) is 6.14. The van der Waals surface area contributed by atoms with Crippen molar-refractivity contribution in [1.29, 1.82) is 5.26 Å².